The van der Waals surface area contributed by atoms with Gasteiger partial charge in [-0.15, -0.1) is 0 Å². The molecule has 0 aromatic carbocycles. The Bertz CT molecular complexity index is 221. The van der Waals surface area contributed by atoms with E-state index in [4.69, 9.17) is 0 Å². The zero-order valence-corrected chi connectivity index (χ0v) is 12.8. The van der Waals surface area contributed by atoms with Gasteiger partial charge in [0.15, 0.2) is 0 Å². The van der Waals surface area contributed by atoms with E-state index in [1.807, 2.05) is 0 Å². The van der Waals surface area contributed by atoms with E-state index >= 15 is 0 Å². The molecule has 2 atom stereocenters. The van der Waals surface area contributed by atoms with Crippen LogP contribution in [0.1, 0.15) is 47.0 Å². The molecule has 2 aliphatic heterocycles. The van der Waals surface area contributed by atoms with Crippen LogP contribution in [0.5, 0.6) is 0 Å². The van der Waals surface area contributed by atoms with Crippen LogP contribution in [0.3, 0.4) is 0 Å². The molecule has 2 fully saturated rings. The molecule has 0 saturated carbocycles. The molecule has 0 bridgehead atoms. The molecule has 2 heteroatoms. The maximum absolute atomic E-state index is 2.52. The smallest absolute Gasteiger partial charge is 0.0142 e. The average Bonchev–Trinajstić information content (AvgIpc) is 2.65. The first kappa shape index (κ1) is 13.1. The van der Waals surface area contributed by atoms with E-state index in [0.29, 0.717) is 10.2 Å². The fraction of sp³-hybridized carbons (Fsp3) is 1.00. The summed E-state index contributed by atoms with van der Waals surface area (Å²) in [5.41, 5.74) is 0.566. The van der Waals surface area contributed by atoms with Crippen molar-refractivity contribution in [2.24, 2.45) is 17.3 Å². The lowest BCUT2D eigenvalue weighted by Gasteiger charge is -2.41. The lowest BCUT2D eigenvalue weighted by atomic mass is 9.68. The van der Waals surface area contributed by atoms with Crippen LogP contribution in [0.15, 0.2) is 0 Å². The summed E-state index contributed by atoms with van der Waals surface area (Å²) < 4.78 is 0.496. The molecule has 0 radical (unpaired) electrons. The van der Waals surface area contributed by atoms with E-state index in [0.717, 1.165) is 11.8 Å². The predicted molar refractivity (Wildman–Crippen MR) is 78.5 cm³/mol. The molecular weight excluding hydrogens is 232 g/mol. The summed E-state index contributed by atoms with van der Waals surface area (Å²) in [6.07, 6.45) is 4.29. The Hall–Kier alpha value is 0.700. The van der Waals surface area contributed by atoms with Crippen LogP contribution in [-0.2, 0) is 0 Å². The fourth-order valence-electron chi connectivity index (χ4n) is 3.32. The SMILES string of the molecule is CC1(C)CCCCSC(C)(C)C2CSCC21. The van der Waals surface area contributed by atoms with E-state index in [9.17, 15) is 0 Å². The van der Waals surface area contributed by atoms with Gasteiger partial charge < -0.3 is 0 Å². The van der Waals surface area contributed by atoms with E-state index in [-0.39, 0.29) is 0 Å². The minimum absolute atomic E-state index is 0.496. The van der Waals surface area contributed by atoms with Crippen molar-refractivity contribution < 1.29 is 0 Å². The largest absolute Gasteiger partial charge is 0.161 e. The van der Waals surface area contributed by atoms with Crippen LogP contribution in [0.2, 0.25) is 0 Å². The third-order valence-corrected chi connectivity index (χ3v) is 7.40. The predicted octanol–water partition coefficient (Wildman–Crippen LogP) is 4.69. The topological polar surface area (TPSA) is 0 Å². The molecule has 2 aliphatic rings. The minimum atomic E-state index is 0.496. The van der Waals surface area contributed by atoms with Crippen LogP contribution in [0.4, 0.5) is 0 Å². The Morgan fingerprint density at radius 1 is 0.938 bits per heavy atom. The number of rotatable bonds is 0. The molecule has 2 heterocycles. The van der Waals surface area contributed by atoms with Crippen LogP contribution >= 0.6 is 23.5 Å². The van der Waals surface area contributed by atoms with Gasteiger partial charge >= 0.3 is 0 Å². The molecule has 0 amide bonds. The van der Waals surface area contributed by atoms with Gasteiger partial charge in [-0.3, -0.25) is 0 Å². The Labute approximate surface area is 110 Å². The zero-order valence-electron chi connectivity index (χ0n) is 11.2. The molecule has 0 aromatic rings. The first-order valence-corrected chi connectivity index (χ1v) is 8.79. The maximum atomic E-state index is 2.52. The van der Waals surface area contributed by atoms with Crippen LogP contribution in [0.25, 0.3) is 0 Å². The molecular formula is C14H26S2. The minimum Gasteiger partial charge on any atom is -0.161 e. The molecule has 0 aliphatic carbocycles. The Morgan fingerprint density at radius 3 is 2.38 bits per heavy atom. The summed E-state index contributed by atoms with van der Waals surface area (Å²) in [6.45, 7) is 10.0. The second kappa shape index (κ2) is 4.76. The first-order chi connectivity index (χ1) is 7.43. The fourth-order valence-corrected chi connectivity index (χ4v) is 6.74. The number of hydrogen-bond acceptors (Lipinski definition) is 2. The molecule has 2 unspecified atom stereocenters. The highest BCUT2D eigenvalue weighted by Crippen LogP contribution is 2.52. The highest BCUT2D eigenvalue weighted by Gasteiger charge is 2.46. The number of hydrogen-bond donors (Lipinski definition) is 0. The summed E-state index contributed by atoms with van der Waals surface area (Å²) in [6, 6.07) is 0. The normalized spacial score (nSPS) is 38.2. The van der Waals surface area contributed by atoms with Gasteiger partial charge in [-0.1, -0.05) is 34.1 Å². The van der Waals surface area contributed by atoms with Gasteiger partial charge in [0.25, 0.3) is 0 Å². The van der Waals surface area contributed by atoms with Crippen molar-refractivity contribution in [2.45, 2.75) is 51.7 Å². The van der Waals surface area contributed by atoms with E-state index in [2.05, 4.69) is 51.2 Å². The van der Waals surface area contributed by atoms with Gasteiger partial charge in [-0.2, -0.15) is 23.5 Å². The van der Waals surface area contributed by atoms with Gasteiger partial charge in [0.05, 0.1) is 0 Å². The van der Waals surface area contributed by atoms with E-state index in [1.165, 1.54) is 36.5 Å². The summed E-state index contributed by atoms with van der Waals surface area (Å²) in [5.74, 6) is 6.04. The maximum Gasteiger partial charge on any atom is 0.0142 e. The van der Waals surface area contributed by atoms with Gasteiger partial charge in [-0.05, 0) is 47.4 Å². The van der Waals surface area contributed by atoms with Gasteiger partial charge in [-0.25, -0.2) is 0 Å². The Morgan fingerprint density at radius 2 is 1.62 bits per heavy atom. The monoisotopic (exact) mass is 258 g/mol. The molecule has 16 heavy (non-hydrogen) atoms. The summed E-state index contributed by atoms with van der Waals surface area (Å²) >= 11 is 4.43. The van der Waals surface area contributed by atoms with Crippen LogP contribution in [-0.4, -0.2) is 22.0 Å². The van der Waals surface area contributed by atoms with Crippen molar-refractivity contribution in [1.29, 1.82) is 0 Å². The van der Waals surface area contributed by atoms with E-state index in [1.54, 1.807) is 0 Å². The third-order valence-electron chi connectivity index (χ3n) is 4.67. The summed E-state index contributed by atoms with van der Waals surface area (Å²) in [5, 5.41) is 0. The lowest BCUT2D eigenvalue weighted by Crippen LogP contribution is -2.39. The molecule has 2 saturated heterocycles. The van der Waals surface area contributed by atoms with Gasteiger partial charge in [0.2, 0.25) is 0 Å². The lowest BCUT2D eigenvalue weighted by molar-refractivity contribution is 0.148. The first-order valence-electron chi connectivity index (χ1n) is 6.65. The standard InChI is InChI=1S/C14H26S2/c1-13(2)7-5-6-8-16-14(3,4)12-10-15-9-11(12)13/h11-12H,5-10H2,1-4H3. The summed E-state index contributed by atoms with van der Waals surface area (Å²) in [7, 11) is 0. The molecule has 0 aromatic heterocycles. The number of thioether (sulfide) groups is 2. The molecule has 0 spiro atoms. The van der Waals surface area contributed by atoms with Crippen molar-refractivity contribution >= 4 is 23.5 Å². The Kier molecular flexibility index (Phi) is 3.91. The highest BCUT2D eigenvalue weighted by molar-refractivity contribution is 8.01. The zero-order chi connectivity index (χ0) is 11.8. The quantitative estimate of drug-likeness (QED) is 0.618. The average molecular weight is 258 g/mol. The molecule has 94 valence electrons. The third kappa shape index (κ3) is 2.58. The van der Waals surface area contributed by atoms with Gasteiger partial charge in [0, 0.05) is 4.75 Å². The molecule has 2 rings (SSSR count). The second-order valence-corrected chi connectivity index (χ2v) is 9.47. The van der Waals surface area contributed by atoms with Crippen molar-refractivity contribution in [2.75, 3.05) is 17.3 Å². The number of fused-ring (bicyclic) bond motifs is 1. The van der Waals surface area contributed by atoms with Crippen molar-refractivity contribution in [3.05, 3.63) is 0 Å². The highest BCUT2D eigenvalue weighted by atomic mass is 32.2. The second-order valence-electron chi connectivity index (χ2n) is 6.65. The molecule has 0 N–H and O–H groups in total. The summed E-state index contributed by atoms with van der Waals surface area (Å²) in [4.78, 5) is 0. The van der Waals surface area contributed by atoms with Crippen molar-refractivity contribution in [3.63, 3.8) is 0 Å². The van der Waals surface area contributed by atoms with Crippen molar-refractivity contribution in [1.82, 2.24) is 0 Å². The molecule has 0 nitrogen and oxygen atoms in total. The van der Waals surface area contributed by atoms with Crippen LogP contribution < -0.4 is 0 Å². The van der Waals surface area contributed by atoms with Gasteiger partial charge in [0.1, 0.15) is 0 Å². The van der Waals surface area contributed by atoms with Crippen molar-refractivity contribution in [3.8, 4) is 0 Å². The van der Waals surface area contributed by atoms with E-state index < -0.39 is 0 Å². The van der Waals surface area contributed by atoms with Crippen LogP contribution in [0, 0.1) is 17.3 Å². The Balaban J connectivity index is 2.23.